The van der Waals surface area contributed by atoms with Crippen LogP contribution < -0.4 is 10.5 Å². The lowest BCUT2D eigenvalue weighted by Crippen LogP contribution is -2.33. The van der Waals surface area contributed by atoms with Crippen molar-refractivity contribution in [2.24, 2.45) is 5.73 Å². The first-order valence-electron chi connectivity index (χ1n) is 4.95. The van der Waals surface area contributed by atoms with Gasteiger partial charge in [0.1, 0.15) is 5.75 Å². The molecule has 17 heavy (non-hydrogen) atoms. The Morgan fingerprint density at radius 2 is 2.00 bits per heavy atom. The highest BCUT2D eigenvalue weighted by molar-refractivity contribution is 5.36. The first-order valence-corrected chi connectivity index (χ1v) is 4.95. The van der Waals surface area contributed by atoms with Crippen LogP contribution in [-0.4, -0.2) is 19.0 Å². The van der Waals surface area contributed by atoms with Crippen LogP contribution in [0.5, 0.6) is 5.75 Å². The summed E-state index contributed by atoms with van der Waals surface area (Å²) in [6.07, 6.45) is -3.73. The molecule has 0 saturated heterocycles. The summed E-state index contributed by atoms with van der Waals surface area (Å²) in [5.41, 5.74) is 6.79. The molecule has 0 fully saturated rings. The molecule has 6 heteroatoms. The Hall–Kier alpha value is -1.30. The van der Waals surface area contributed by atoms with Gasteiger partial charge in [0, 0.05) is 6.54 Å². The predicted octanol–water partition coefficient (Wildman–Crippen LogP) is 2.73. The third-order valence-electron chi connectivity index (χ3n) is 2.21. The number of rotatable bonds is 5. The van der Waals surface area contributed by atoms with Gasteiger partial charge in [-0.05, 0) is 24.1 Å². The minimum Gasteiger partial charge on any atom is -0.487 e. The summed E-state index contributed by atoms with van der Waals surface area (Å²) in [6.45, 7) is 0.608. The number of hydrogen-bond donors (Lipinski definition) is 1. The van der Waals surface area contributed by atoms with Gasteiger partial charge >= 0.3 is 12.3 Å². The summed E-state index contributed by atoms with van der Waals surface area (Å²) in [7, 11) is 0. The lowest BCUT2D eigenvalue weighted by Gasteiger charge is -2.17. The summed E-state index contributed by atoms with van der Waals surface area (Å²) in [6, 6.07) is 4.71. The first kappa shape index (κ1) is 13.8. The highest BCUT2D eigenvalue weighted by atomic mass is 19.3. The molecule has 0 aliphatic carbocycles. The van der Waals surface area contributed by atoms with Crippen LogP contribution in [0.2, 0.25) is 0 Å². The molecule has 0 saturated carbocycles. The molecule has 1 aromatic rings. The van der Waals surface area contributed by atoms with Crippen LogP contribution in [0.1, 0.15) is 11.1 Å². The van der Waals surface area contributed by atoms with Crippen molar-refractivity contribution >= 4 is 0 Å². The van der Waals surface area contributed by atoms with E-state index in [1.165, 1.54) is 6.07 Å². The van der Waals surface area contributed by atoms with Gasteiger partial charge in [-0.3, -0.25) is 0 Å². The summed E-state index contributed by atoms with van der Waals surface area (Å²) < 4.78 is 53.7. The molecular weight excluding hydrogens is 238 g/mol. The molecule has 0 aliphatic heterocycles. The molecule has 0 atom stereocenters. The average Bonchev–Trinajstić information content (AvgIpc) is 2.27. The first-order chi connectivity index (χ1) is 7.86. The number of aryl methyl sites for hydroxylation is 1. The molecule has 0 aliphatic rings. The van der Waals surface area contributed by atoms with E-state index < -0.39 is 19.0 Å². The lowest BCUT2D eigenvalue weighted by atomic mass is 10.1. The van der Waals surface area contributed by atoms with E-state index in [2.05, 4.69) is 0 Å². The Labute approximate surface area is 96.4 Å². The van der Waals surface area contributed by atoms with Crippen LogP contribution in [0.25, 0.3) is 0 Å². The molecule has 0 aromatic heterocycles. The van der Waals surface area contributed by atoms with Crippen molar-refractivity contribution in [3.8, 4) is 5.75 Å². The highest BCUT2D eigenvalue weighted by Gasteiger charge is 2.41. The Balaban J connectivity index is 2.70. The molecule has 2 N–H and O–H groups in total. The van der Waals surface area contributed by atoms with E-state index in [-0.39, 0.29) is 5.75 Å². The monoisotopic (exact) mass is 251 g/mol. The van der Waals surface area contributed by atoms with Crippen molar-refractivity contribution in [1.29, 1.82) is 0 Å². The second-order valence-corrected chi connectivity index (χ2v) is 3.65. The standard InChI is InChI=1S/C11H13F4NO/c1-7-4-8(5-16)2-3-9(7)17-6-11(14,15)10(12)13/h2-4,10H,5-6,16H2,1H3. The van der Waals surface area contributed by atoms with Crippen molar-refractivity contribution in [1.82, 2.24) is 0 Å². The SMILES string of the molecule is Cc1cc(CN)ccc1OCC(F)(F)C(F)F. The minimum atomic E-state index is -4.14. The Morgan fingerprint density at radius 1 is 1.35 bits per heavy atom. The van der Waals surface area contributed by atoms with Gasteiger partial charge in [-0.1, -0.05) is 12.1 Å². The molecule has 0 unspecified atom stereocenters. The smallest absolute Gasteiger partial charge is 0.340 e. The zero-order valence-corrected chi connectivity index (χ0v) is 9.22. The fraction of sp³-hybridized carbons (Fsp3) is 0.455. The maximum atomic E-state index is 12.6. The van der Waals surface area contributed by atoms with Crippen LogP contribution in [0, 0.1) is 6.92 Å². The van der Waals surface area contributed by atoms with Crippen molar-refractivity contribution in [2.75, 3.05) is 6.61 Å². The molecule has 96 valence electrons. The van der Waals surface area contributed by atoms with Gasteiger partial charge < -0.3 is 10.5 Å². The van der Waals surface area contributed by atoms with E-state index >= 15 is 0 Å². The zero-order valence-electron chi connectivity index (χ0n) is 9.22. The summed E-state index contributed by atoms with van der Waals surface area (Å²) >= 11 is 0. The van der Waals surface area contributed by atoms with Crippen LogP contribution in [0.3, 0.4) is 0 Å². The van der Waals surface area contributed by atoms with Crippen molar-refractivity contribution in [2.45, 2.75) is 25.8 Å². The summed E-state index contributed by atoms with van der Waals surface area (Å²) in [5.74, 6) is -3.98. The van der Waals surface area contributed by atoms with Crippen LogP contribution >= 0.6 is 0 Å². The van der Waals surface area contributed by atoms with Gasteiger partial charge in [0.25, 0.3) is 0 Å². The predicted molar refractivity (Wildman–Crippen MR) is 55.5 cm³/mol. The largest absolute Gasteiger partial charge is 0.487 e. The van der Waals surface area contributed by atoms with Gasteiger partial charge in [0.05, 0.1) is 0 Å². The van der Waals surface area contributed by atoms with Crippen molar-refractivity contribution in [3.63, 3.8) is 0 Å². The van der Waals surface area contributed by atoms with E-state index in [0.29, 0.717) is 12.1 Å². The Morgan fingerprint density at radius 3 is 2.47 bits per heavy atom. The third-order valence-corrected chi connectivity index (χ3v) is 2.21. The van der Waals surface area contributed by atoms with Crippen molar-refractivity contribution in [3.05, 3.63) is 29.3 Å². The van der Waals surface area contributed by atoms with Crippen LogP contribution in [0.4, 0.5) is 17.6 Å². The average molecular weight is 251 g/mol. The molecule has 0 spiro atoms. The molecular formula is C11H13F4NO. The number of benzene rings is 1. The van der Waals surface area contributed by atoms with E-state index in [1.54, 1.807) is 19.1 Å². The Bertz CT molecular complexity index is 382. The van der Waals surface area contributed by atoms with E-state index in [1.807, 2.05) is 0 Å². The third kappa shape index (κ3) is 3.59. The van der Waals surface area contributed by atoms with Gasteiger partial charge in [-0.2, -0.15) is 8.78 Å². The fourth-order valence-electron chi connectivity index (χ4n) is 1.24. The summed E-state index contributed by atoms with van der Waals surface area (Å²) in [4.78, 5) is 0. The minimum absolute atomic E-state index is 0.155. The topological polar surface area (TPSA) is 35.2 Å². The van der Waals surface area contributed by atoms with E-state index in [4.69, 9.17) is 10.5 Å². The zero-order chi connectivity index (χ0) is 13.1. The van der Waals surface area contributed by atoms with Crippen molar-refractivity contribution < 1.29 is 22.3 Å². The molecule has 0 radical (unpaired) electrons. The maximum absolute atomic E-state index is 12.6. The maximum Gasteiger partial charge on any atom is 0.340 e. The summed E-state index contributed by atoms with van der Waals surface area (Å²) in [5, 5.41) is 0. The fourth-order valence-corrected chi connectivity index (χ4v) is 1.24. The van der Waals surface area contributed by atoms with Crippen LogP contribution in [-0.2, 0) is 6.54 Å². The van der Waals surface area contributed by atoms with Crippen LogP contribution in [0.15, 0.2) is 18.2 Å². The lowest BCUT2D eigenvalue weighted by molar-refractivity contribution is -0.148. The number of ether oxygens (including phenoxy) is 1. The molecule has 0 heterocycles. The number of hydrogen-bond acceptors (Lipinski definition) is 2. The second kappa shape index (κ2) is 5.35. The van der Waals surface area contributed by atoms with Gasteiger partial charge in [-0.15, -0.1) is 0 Å². The number of alkyl halides is 4. The molecule has 0 amide bonds. The van der Waals surface area contributed by atoms with Gasteiger partial charge in [-0.25, -0.2) is 8.78 Å². The number of halogens is 4. The number of nitrogens with two attached hydrogens (primary N) is 1. The Kier molecular flexibility index (Phi) is 4.34. The van der Waals surface area contributed by atoms with E-state index in [0.717, 1.165) is 5.56 Å². The quantitative estimate of drug-likeness (QED) is 0.817. The normalized spacial score (nSPS) is 11.9. The van der Waals surface area contributed by atoms with Gasteiger partial charge in [0.2, 0.25) is 0 Å². The molecule has 1 rings (SSSR count). The molecule has 1 aromatic carbocycles. The highest BCUT2D eigenvalue weighted by Crippen LogP contribution is 2.26. The van der Waals surface area contributed by atoms with E-state index in [9.17, 15) is 17.6 Å². The molecule has 2 nitrogen and oxygen atoms in total. The molecule has 0 bridgehead atoms. The van der Waals surface area contributed by atoms with Gasteiger partial charge in [0.15, 0.2) is 6.61 Å². The second-order valence-electron chi connectivity index (χ2n) is 3.65.